The van der Waals surface area contributed by atoms with Gasteiger partial charge in [-0.1, -0.05) is 49.0 Å². The number of halogens is 1. The molecular weight excluding hydrogens is 228 g/mol. The van der Waals surface area contributed by atoms with Crippen molar-refractivity contribution in [2.45, 2.75) is 62.3 Å². The fourth-order valence-corrected chi connectivity index (χ4v) is 3.99. The minimum atomic E-state index is -0.422. The van der Waals surface area contributed by atoms with Gasteiger partial charge in [0.05, 0.1) is 9.93 Å². The van der Waals surface area contributed by atoms with Crippen molar-refractivity contribution >= 4 is 15.9 Å². The standard InChI is InChI=1S/C11H19BrO/c1-9(2)8-11(9,12)10(13)6-4-3-5-7-10/h13H,3-8H2,1-2H3. The van der Waals surface area contributed by atoms with Gasteiger partial charge in [0.25, 0.3) is 0 Å². The predicted molar refractivity (Wildman–Crippen MR) is 58.1 cm³/mol. The van der Waals surface area contributed by atoms with Crippen LogP contribution in [0.5, 0.6) is 0 Å². The average Bonchev–Trinajstić information content (AvgIpc) is 2.55. The summed E-state index contributed by atoms with van der Waals surface area (Å²) in [6, 6.07) is 0. The van der Waals surface area contributed by atoms with Crippen molar-refractivity contribution in [3.8, 4) is 0 Å². The van der Waals surface area contributed by atoms with Gasteiger partial charge < -0.3 is 5.11 Å². The van der Waals surface area contributed by atoms with E-state index < -0.39 is 5.60 Å². The predicted octanol–water partition coefficient (Wildman–Crippen LogP) is 3.25. The second-order valence-electron chi connectivity index (χ2n) is 5.45. The van der Waals surface area contributed by atoms with Crippen LogP contribution in [0.1, 0.15) is 52.4 Å². The van der Waals surface area contributed by atoms with Gasteiger partial charge in [-0.2, -0.15) is 0 Å². The molecule has 0 heterocycles. The molecule has 2 aliphatic carbocycles. The van der Waals surface area contributed by atoms with E-state index in [1.807, 2.05) is 0 Å². The minimum Gasteiger partial charge on any atom is -0.388 e. The van der Waals surface area contributed by atoms with Crippen LogP contribution in [0.25, 0.3) is 0 Å². The fraction of sp³-hybridized carbons (Fsp3) is 1.00. The van der Waals surface area contributed by atoms with E-state index in [2.05, 4.69) is 29.8 Å². The second kappa shape index (κ2) is 2.73. The van der Waals surface area contributed by atoms with E-state index in [9.17, 15) is 5.11 Å². The van der Waals surface area contributed by atoms with Gasteiger partial charge in [0.2, 0.25) is 0 Å². The quantitative estimate of drug-likeness (QED) is 0.705. The lowest BCUT2D eigenvalue weighted by Crippen LogP contribution is -2.44. The van der Waals surface area contributed by atoms with Crippen LogP contribution in [-0.4, -0.2) is 15.0 Å². The molecule has 13 heavy (non-hydrogen) atoms. The summed E-state index contributed by atoms with van der Waals surface area (Å²) in [6.07, 6.45) is 6.78. The lowest BCUT2D eigenvalue weighted by molar-refractivity contribution is -0.0113. The normalized spacial score (nSPS) is 41.5. The fourth-order valence-electron chi connectivity index (χ4n) is 2.89. The van der Waals surface area contributed by atoms with Crippen LogP contribution < -0.4 is 0 Å². The molecule has 0 amide bonds. The minimum absolute atomic E-state index is 0.0213. The van der Waals surface area contributed by atoms with Crippen molar-refractivity contribution in [3.05, 3.63) is 0 Å². The Hall–Kier alpha value is 0.440. The van der Waals surface area contributed by atoms with Gasteiger partial charge in [-0.3, -0.25) is 0 Å². The van der Waals surface area contributed by atoms with Gasteiger partial charge in [-0.25, -0.2) is 0 Å². The van der Waals surface area contributed by atoms with Crippen LogP contribution in [0.3, 0.4) is 0 Å². The van der Waals surface area contributed by atoms with E-state index in [0.717, 1.165) is 19.3 Å². The molecule has 2 heteroatoms. The van der Waals surface area contributed by atoms with Crippen molar-refractivity contribution in [2.75, 3.05) is 0 Å². The largest absolute Gasteiger partial charge is 0.388 e. The van der Waals surface area contributed by atoms with Gasteiger partial charge in [0.1, 0.15) is 0 Å². The molecule has 0 aromatic heterocycles. The zero-order valence-corrected chi connectivity index (χ0v) is 10.2. The number of alkyl halides is 1. The smallest absolute Gasteiger partial charge is 0.0805 e. The highest BCUT2D eigenvalue weighted by Crippen LogP contribution is 2.69. The van der Waals surface area contributed by atoms with Crippen LogP contribution in [0.15, 0.2) is 0 Å². The third-order valence-corrected chi connectivity index (χ3v) is 6.14. The summed E-state index contributed by atoms with van der Waals surface area (Å²) in [6.45, 7) is 4.49. The SMILES string of the molecule is CC1(C)CC1(Br)C1(O)CCCCC1. The van der Waals surface area contributed by atoms with Gasteiger partial charge in [0, 0.05) is 0 Å². The molecule has 0 bridgehead atoms. The summed E-state index contributed by atoms with van der Waals surface area (Å²) in [5, 5.41) is 10.6. The van der Waals surface area contributed by atoms with Crippen LogP contribution in [0, 0.1) is 5.41 Å². The Morgan fingerprint density at radius 3 is 1.92 bits per heavy atom. The first kappa shape index (κ1) is 9.97. The Kier molecular flexibility index (Phi) is 2.09. The van der Waals surface area contributed by atoms with Gasteiger partial charge in [-0.05, 0) is 24.7 Å². The molecule has 1 N–H and O–H groups in total. The summed E-state index contributed by atoms with van der Waals surface area (Å²) in [5.74, 6) is 0. The van der Waals surface area contributed by atoms with Crippen molar-refractivity contribution < 1.29 is 5.11 Å². The molecule has 2 aliphatic rings. The maximum atomic E-state index is 10.6. The van der Waals surface area contributed by atoms with Gasteiger partial charge in [0.15, 0.2) is 0 Å². The molecular formula is C11H19BrO. The van der Waals surface area contributed by atoms with E-state index in [1.54, 1.807) is 0 Å². The molecule has 0 radical (unpaired) electrons. The van der Waals surface area contributed by atoms with Crippen molar-refractivity contribution in [2.24, 2.45) is 5.41 Å². The van der Waals surface area contributed by atoms with E-state index >= 15 is 0 Å². The first-order valence-corrected chi connectivity index (χ1v) is 6.12. The van der Waals surface area contributed by atoms with E-state index in [4.69, 9.17) is 0 Å². The molecule has 0 spiro atoms. The molecule has 0 aromatic carbocycles. The van der Waals surface area contributed by atoms with Crippen molar-refractivity contribution in [1.82, 2.24) is 0 Å². The lowest BCUT2D eigenvalue weighted by Gasteiger charge is -2.38. The van der Waals surface area contributed by atoms with Crippen LogP contribution in [0.2, 0.25) is 0 Å². The molecule has 2 fully saturated rings. The van der Waals surface area contributed by atoms with Crippen molar-refractivity contribution in [1.29, 1.82) is 0 Å². The molecule has 0 saturated heterocycles. The summed E-state index contributed by atoms with van der Waals surface area (Å²) in [7, 11) is 0. The average molecular weight is 247 g/mol. The maximum absolute atomic E-state index is 10.6. The lowest BCUT2D eigenvalue weighted by atomic mass is 9.79. The third kappa shape index (κ3) is 1.29. The molecule has 1 atom stereocenters. The molecule has 2 saturated carbocycles. The number of rotatable bonds is 1. The third-order valence-electron chi connectivity index (χ3n) is 4.05. The zero-order chi connectivity index (χ0) is 9.74. The van der Waals surface area contributed by atoms with Crippen LogP contribution >= 0.6 is 15.9 Å². The highest BCUT2D eigenvalue weighted by molar-refractivity contribution is 9.10. The second-order valence-corrected chi connectivity index (χ2v) is 6.81. The topological polar surface area (TPSA) is 20.2 Å². The number of hydrogen-bond acceptors (Lipinski definition) is 1. The summed E-state index contributed by atoms with van der Waals surface area (Å²) < 4.78 is 0.0213. The number of aliphatic hydroxyl groups is 1. The Morgan fingerprint density at radius 1 is 1.08 bits per heavy atom. The highest BCUT2D eigenvalue weighted by Gasteiger charge is 2.69. The van der Waals surface area contributed by atoms with E-state index in [0.29, 0.717) is 5.41 Å². The Labute approximate surface area is 89.0 Å². The van der Waals surface area contributed by atoms with Crippen LogP contribution in [0.4, 0.5) is 0 Å². The summed E-state index contributed by atoms with van der Waals surface area (Å²) in [5.41, 5.74) is -0.131. The van der Waals surface area contributed by atoms with Gasteiger partial charge in [-0.15, -0.1) is 0 Å². The monoisotopic (exact) mass is 246 g/mol. The molecule has 0 aliphatic heterocycles. The Morgan fingerprint density at radius 2 is 1.54 bits per heavy atom. The zero-order valence-electron chi connectivity index (χ0n) is 8.57. The molecule has 1 unspecified atom stereocenters. The van der Waals surface area contributed by atoms with Crippen LogP contribution in [-0.2, 0) is 0 Å². The molecule has 76 valence electrons. The summed E-state index contributed by atoms with van der Waals surface area (Å²) in [4.78, 5) is 0. The molecule has 0 aromatic rings. The first-order valence-electron chi connectivity index (χ1n) is 5.33. The Bertz CT molecular complexity index is 218. The highest BCUT2D eigenvalue weighted by atomic mass is 79.9. The van der Waals surface area contributed by atoms with Crippen molar-refractivity contribution in [3.63, 3.8) is 0 Å². The number of hydrogen-bond donors (Lipinski definition) is 1. The van der Waals surface area contributed by atoms with Gasteiger partial charge >= 0.3 is 0 Å². The van der Waals surface area contributed by atoms with E-state index in [-0.39, 0.29) is 4.32 Å². The summed E-state index contributed by atoms with van der Waals surface area (Å²) >= 11 is 3.78. The first-order chi connectivity index (χ1) is 5.91. The molecule has 1 nitrogen and oxygen atoms in total. The Balaban J connectivity index is 2.15. The maximum Gasteiger partial charge on any atom is 0.0805 e. The molecule has 2 rings (SSSR count). The van der Waals surface area contributed by atoms with E-state index in [1.165, 1.54) is 19.3 Å².